The van der Waals surface area contributed by atoms with E-state index in [-0.39, 0.29) is 43.3 Å². The van der Waals surface area contributed by atoms with Gasteiger partial charge in [0.1, 0.15) is 0 Å². The maximum atomic E-state index is 2.08. The van der Waals surface area contributed by atoms with Gasteiger partial charge in [0.25, 0.3) is 0 Å². The average molecular weight is 474 g/mol. The molecule has 2 rings (SSSR count). The van der Waals surface area contributed by atoms with Gasteiger partial charge in [-0.3, -0.25) is 0 Å². The fourth-order valence-corrected chi connectivity index (χ4v) is 1.07. The van der Waals surface area contributed by atoms with Crippen LogP contribution in [0.2, 0.25) is 0 Å². The molecule has 0 radical (unpaired) electrons. The van der Waals surface area contributed by atoms with E-state index < -0.39 is 0 Å². The topological polar surface area (TPSA) is 0 Å². The van der Waals surface area contributed by atoms with Crippen LogP contribution in [0.25, 0.3) is 0 Å². The number of rotatable bonds is 0. The first kappa shape index (κ1) is 37.4. The molecular weight excluding hydrogens is 436 g/mol. The SMILES string of the molecule is C.CC.CC.Cc1ccccc1.Cc1ccccc1.[CH3-].[CH3-].[W+2]. The van der Waals surface area contributed by atoms with Crippen molar-refractivity contribution in [2.24, 2.45) is 0 Å². The molecule has 0 nitrogen and oxygen atoms in total. The maximum Gasteiger partial charge on any atom is 2.00 e. The molecule has 0 unspecified atom stereocenters. The van der Waals surface area contributed by atoms with Crippen LogP contribution < -0.4 is 0 Å². The van der Waals surface area contributed by atoms with Crippen molar-refractivity contribution in [1.82, 2.24) is 0 Å². The quantitative estimate of drug-likeness (QED) is 0.346. The maximum absolute atomic E-state index is 2.08. The van der Waals surface area contributed by atoms with Gasteiger partial charge >= 0.3 is 21.1 Å². The van der Waals surface area contributed by atoms with Gasteiger partial charge in [-0.05, 0) is 13.8 Å². The van der Waals surface area contributed by atoms with Crippen molar-refractivity contribution < 1.29 is 21.1 Å². The fraction of sp³-hybridized carbons (Fsp3) is 0.333. The Bertz CT molecular complexity index is 303. The minimum Gasteiger partial charge on any atom is -0.358 e. The van der Waals surface area contributed by atoms with E-state index in [1.54, 1.807) is 0 Å². The van der Waals surface area contributed by atoms with Gasteiger partial charge in [0.2, 0.25) is 0 Å². The van der Waals surface area contributed by atoms with Crippen LogP contribution >= 0.6 is 0 Å². The number of benzene rings is 2. The Morgan fingerprint density at radius 3 is 0.773 bits per heavy atom. The third-order valence-electron chi connectivity index (χ3n) is 1.88. The molecule has 2 aromatic carbocycles. The van der Waals surface area contributed by atoms with E-state index in [1.165, 1.54) is 11.1 Å². The van der Waals surface area contributed by atoms with Gasteiger partial charge in [0.15, 0.2) is 0 Å². The molecule has 128 valence electrons. The van der Waals surface area contributed by atoms with Crippen molar-refractivity contribution in [2.45, 2.75) is 49.0 Å². The van der Waals surface area contributed by atoms with Gasteiger partial charge < -0.3 is 14.9 Å². The van der Waals surface area contributed by atoms with Gasteiger partial charge in [-0.1, -0.05) is 107 Å². The van der Waals surface area contributed by atoms with Crippen LogP contribution in [0, 0.1) is 28.7 Å². The molecule has 0 heterocycles. The van der Waals surface area contributed by atoms with Gasteiger partial charge in [-0.15, -0.1) is 0 Å². The predicted octanol–water partition coefficient (Wildman–Crippen LogP) is 7.58. The Morgan fingerprint density at radius 2 is 0.682 bits per heavy atom. The van der Waals surface area contributed by atoms with E-state index in [2.05, 4.69) is 38.1 Å². The first-order chi connectivity index (χ1) is 8.79. The number of hydrogen-bond donors (Lipinski definition) is 0. The Labute approximate surface area is 156 Å². The van der Waals surface area contributed by atoms with Crippen LogP contribution in [0.3, 0.4) is 0 Å². The summed E-state index contributed by atoms with van der Waals surface area (Å²) in [4.78, 5) is 0. The summed E-state index contributed by atoms with van der Waals surface area (Å²) >= 11 is 0. The molecule has 0 N–H and O–H groups in total. The minimum absolute atomic E-state index is 0. The second kappa shape index (κ2) is 32.2. The predicted molar refractivity (Wildman–Crippen MR) is 105 cm³/mol. The van der Waals surface area contributed by atoms with E-state index >= 15 is 0 Å². The molecule has 0 aromatic heterocycles. The van der Waals surface area contributed by atoms with Crippen molar-refractivity contribution in [3.8, 4) is 0 Å². The molecule has 0 atom stereocenters. The van der Waals surface area contributed by atoms with Crippen LogP contribution in [0.1, 0.15) is 46.2 Å². The zero-order valence-electron chi connectivity index (χ0n) is 15.2. The van der Waals surface area contributed by atoms with Crippen molar-refractivity contribution >= 4 is 0 Å². The largest absolute Gasteiger partial charge is 2.00 e. The van der Waals surface area contributed by atoms with Gasteiger partial charge in [0.05, 0.1) is 0 Å². The number of hydrogen-bond acceptors (Lipinski definition) is 0. The summed E-state index contributed by atoms with van der Waals surface area (Å²) in [5.74, 6) is 0. The van der Waals surface area contributed by atoms with Crippen molar-refractivity contribution in [3.63, 3.8) is 0 Å². The molecular formula is C21H38W. The van der Waals surface area contributed by atoms with Crippen LogP contribution in [-0.4, -0.2) is 0 Å². The van der Waals surface area contributed by atoms with Crippen molar-refractivity contribution in [3.05, 3.63) is 86.6 Å². The molecule has 22 heavy (non-hydrogen) atoms. The fourth-order valence-electron chi connectivity index (χ4n) is 1.07. The normalized spacial score (nSPS) is 6.09. The summed E-state index contributed by atoms with van der Waals surface area (Å²) in [5, 5.41) is 0. The smallest absolute Gasteiger partial charge is 0.358 e. The zero-order chi connectivity index (χ0) is 14.2. The third-order valence-corrected chi connectivity index (χ3v) is 1.88. The second-order valence-electron chi connectivity index (χ2n) is 3.31. The number of aryl methyl sites for hydroxylation is 2. The van der Waals surface area contributed by atoms with Crippen molar-refractivity contribution in [1.29, 1.82) is 0 Å². The van der Waals surface area contributed by atoms with Crippen LogP contribution in [0.5, 0.6) is 0 Å². The molecule has 0 aliphatic rings. The minimum atomic E-state index is 0. The molecule has 0 amide bonds. The van der Waals surface area contributed by atoms with Crippen LogP contribution in [0.4, 0.5) is 0 Å². The first-order valence-electron chi connectivity index (χ1n) is 6.82. The molecule has 0 aliphatic heterocycles. The van der Waals surface area contributed by atoms with Gasteiger partial charge in [-0.2, -0.15) is 0 Å². The van der Waals surface area contributed by atoms with E-state index in [1.807, 2.05) is 64.1 Å². The summed E-state index contributed by atoms with van der Waals surface area (Å²) in [6.07, 6.45) is 0. The summed E-state index contributed by atoms with van der Waals surface area (Å²) in [5.41, 5.74) is 2.64. The Balaban J connectivity index is -0.0000000413. The molecule has 0 saturated heterocycles. The summed E-state index contributed by atoms with van der Waals surface area (Å²) in [6, 6.07) is 20.5. The van der Waals surface area contributed by atoms with Crippen LogP contribution in [0.15, 0.2) is 60.7 Å². The zero-order valence-corrected chi connectivity index (χ0v) is 18.1. The average Bonchev–Trinajstić information content (AvgIpc) is 2.46. The molecule has 1 heteroatoms. The van der Waals surface area contributed by atoms with Crippen LogP contribution in [-0.2, 0) is 21.1 Å². The Hall–Kier alpha value is -0.872. The summed E-state index contributed by atoms with van der Waals surface area (Å²) in [6.45, 7) is 12.2. The molecule has 0 aliphatic carbocycles. The molecule has 2 aromatic rings. The molecule has 0 fully saturated rings. The summed E-state index contributed by atoms with van der Waals surface area (Å²) in [7, 11) is 0. The Morgan fingerprint density at radius 1 is 0.500 bits per heavy atom. The Kier molecular flexibility index (Phi) is 54.7. The molecule has 0 spiro atoms. The molecule has 0 saturated carbocycles. The monoisotopic (exact) mass is 474 g/mol. The van der Waals surface area contributed by atoms with E-state index in [0.29, 0.717) is 0 Å². The van der Waals surface area contributed by atoms with E-state index in [9.17, 15) is 0 Å². The van der Waals surface area contributed by atoms with E-state index in [4.69, 9.17) is 0 Å². The van der Waals surface area contributed by atoms with Crippen molar-refractivity contribution in [2.75, 3.05) is 0 Å². The van der Waals surface area contributed by atoms with Gasteiger partial charge in [-0.25, -0.2) is 0 Å². The second-order valence-corrected chi connectivity index (χ2v) is 3.31. The first-order valence-corrected chi connectivity index (χ1v) is 6.82. The summed E-state index contributed by atoms with van der Waals surface area (Å²) < 4.78 is 0. The standard InChI is InChI=1S/2C7H8.2C2H6.CH4.2CH3.W/c2*1-7-5-3-2-4-6-7;2*1-2;;;;/h2*2-6H,1H3;2*1-2H3;1H4;2*1H3;/q;;;;;2*-1;+2. The third kappa shape index (κ3) is 27.5. The van der Waals surface area contributed by atoms with E-state index in [0.717, 1.165) is 0 Å². The molecule has 0 bridgehead atoms. The van der Waals surface area contributed by atoms with Gasteiger partial charge in [0, 0.05) is 0 Å².